The Labute approximate surface area is 142 Å². The molecule has 3 heterocycles. The minimum atomic E-state index is 0.179. The van der Waals surface area contributed by atoms with Gasteiger partial charge in [-0.3, -0.25) is 9.78 Å². The summed E-state index contributed by atoms with van der Waals surface area (Å²) in [5.74, 6) is 0.700. The van der Waals surface area contributed by atoms with Crippen LogP contribution >= 0.6 is 0 Å². The van der Waals surface area contributed by atoms with Gasteiger partial charge in [0.05, 0.1) is 18.3 Å². The second-order valence-electron chi connectivity index (χ2n) is 6.16. The third-order valence-corrected chi connectivity index (χ3v) is 4.32. The number of pyridine rings is 2. The molecule has 0 aromatic carbocycles. The molecule has 1 aliphatic heterocycles. The zero-order valence-corrected chi connectivity index (χ0v) is 13.7. The van der Waals surface area contributed by atoms with Gasteiger partial charge in [0.1, 0.15) is 5.82 Å². The Morgan fingerprint density at radius 3 is 2.92 bits per heavy atom. The van der Waals surface area contributed by atoms with Crippen molar-refractivity contribution in [3.05, 3.63) is 48.4 Å². The fourth-order valence-corrected chi connectivity index (χ4v) is 3.01. The van der Waals surface area contributed by atoms with Crippen molar-refractivity contribution in [2.45, 2.75) is 31.7 Å². The highest BCUT2D eigenvalue weighted by Crippen LogP contribution is 2.17. The van der Waals surface area contributed by atoms with Crippen LogP contribution in [0.3, 0.4) is 0 Å². The number of carbonyl (C=O) groups is 1. The van der Waals surface area contributed by atoms with E-state index in [-0.39, 0.29) is 5.91 Å². The van der Waals surface area contributed by atoms with Crippen molar-refractivity contribution in [1.82, 2.24) is 14.9 Å². The second kappa shape index (κ2) is 7.77. The number of rotatable bonds is 4. The maximum atomic E-state index is 12.5. The quantitative estimate of drug-likeness (QED) is 0.899. The van der Waals surface area contributed by atoms with E-state index < -0.39 is 0 Å². The van der Waals surface area contributed by atoms with Gasteiger partial charge >= 0.3 is 0 Å². The minimum absolute atomic E-state index is 0.179. The monoisotopic (exact) mass is 325 g/mol. The summed E-state index contributed by atoms with van der Waals surface area (Å²) in [6, 6.07) is 7.90. The van der Waals surface area contributed by atoms with Crippen LogP contribution in [0.4, 0.5) is 11.5 Å². The first kappa shape index (κ1) is 16.2. The van der Waals surface area contributed by atoms with Gasteiger partial charge in [0.15, 0.2) is 0 Å². The van der Waals surface area contributed by atoms with Gasteiger partial charge in [-0.2, -0.15) is 0 Å². The highest BCUT2D eigenvalue weighted by Gasteiger charge is 2.20. The van der Waals surface area contributed by atoms with E-state index in [9.17, 15) is 4.79 Å². The Bertz CT molecular complexity index is 659. The summed E-state index contributed by atoms with van der Waals surface area (Å²) in [7, 11) is 0. The smallest absolute Gasteiger partial charge is 0.227 e. The second-order valence-corrected chi connectivity index (χ2v) is 6.16. The highest BCUT2D eigenvalue weighted by molar-refractivity contribution is 5.78. The van der Waals surface area contributed by atoms with Crippen molar-refractivity contribution < 1.29 is 4.79 Å². The molecule has 24 heavy (non-hydrogen) atoms. The number of aromatic nitrogens is 2. The van der Waals surface area contributed by atoms with E-state index in [1.807, 2.05) is 23.1 Å². The van der Waals surface area contributed by atoms with Crippen LogP contribution in [-0.2, 0) is 11.2 Å². The van der Waals surface area contributed by atoms with Gasteiger partial charge in [-0.1, -0.05) is 6.07 Å². The average Bonchev–Trinajstić information content (AvgIpc) is 2.83. The average molecular weight is 325 g/mol. The summed E-state index contributed by atoms with van der Waals surface area (Å²) in [6.45, 7) is 1.59. The number of nitrogens with one attached hydrogen (secondary N) is 1. The largest absolute Gasteiger partial charge is 0.384 e. The Kier molecular flexibility index (Phi) is 5.25. The van der Waals surface area contributed by atoms with Crippen molar-refractivity contribution in [1.29, 1.82) is 0 Å². The van der Waals surface area contributed by atoms with E-state index in [2.05, 4.69) is 15.3 Å². The first-order valence-electron chi connectivity index (χ1n) is 8.35. The van der Waals surface area contributed by atoms with Gasteiger partial charge in [0.25, 0.3) is 0 Å². The number of nitrogens with zero attached hydrogens (tertiary/aromatic N) is 3. The van der Waals surface area contributed by atoms with Crippen LogP contribution in [0.5, 0.6) is 0 Å². The first-order valence-corrected chi connectivity index (χ1v) is 8.35. The molecular formula is C18H23N5O. The summed E-state index contributed by atoms with van der Waals surface area (Å²) in [5, 5.41) is 3.49. The molecule has 1 fully saturated rings. The molecule has 0 unspecified atom stereocenters. The summed E-state index contributed by atoms with van der Waals surface area (Å²) >= 11 is 0. The molecule has 0 spiro atoms. The molecule has 2 aromatic rings. The highest BCUT2D eigenvalue weighted by atomic mass is 16.2. The van der Waals surface area contributed by atoms with Crippen molar-refractivity contribution in [3.63, 3.8) is 0 Å². The van der Waals surface area contributed by atoms with Crippen molar-refractivity contribution in [2.75, 3.05) is 24.1 Å². The van der Waals surface area contributed by atoms with E-state index >= 15 is 0 Å². The zero-order valence-electron chi connectivity index (χ0n) is 13.7. The predicted octanol–water partition coefficient (Wildman–Crippen LogP) is 2.09. The zero-order chi connectivity index (χ0) is 16.8. The van der Waals surface area contributed by atoms with Gasteiger partial charge in [-0.25, -0.2) is 4.98 Å². The van der Waals surface area contributed by atoms with E-state index in [1.165, 1.54) is 0 Å². The molecular weight excluding hydrogens is 302 g/mol. The van der Waals surface area contributed by atoms with Crippen molar-refractivity contribution >= 4 is 17.4 Å². The Morgan fingerprint density at radius 2 is 2.17 bits per heavy atom. The van der Waals surface area contributed by atoms with Gasteiger partial charge < -0.3 is 16.0 Å². The van der Waals surface area contributed by atoms with Gasteiger partial charge in [-0.05, 0) is 43.0 Å². The van der Waals surface area contributed by atoms with Crippen molar-refractivity contribution in [3.8, 4) is 0 Å². The van der Waals surface area contributed by atoms with Crippen LogP contribution in [0.25, 0.3) is 0 Å². The number of nitrogens with two attached hydrogens (primary N) is 1. The van der Waals surface area contributed by atoms with Gasteiger partial charge in [0, 0.05) is 31.5 Å². The lowest BCUT2D eigenvalue weighted by atomic mass is 10.1. The maximum Gasteiger partial charge on any atom is 0.227 e. The Morgan fingerprint density at radius 1 is 1.25 bits per heavy atom. The van der Waals surface area contributed by atoms with Crippen LogP contribution in [0.1, 0.15) is 24.8 Å². The Hall–Kier alpha value is -2.63. The third kappa shape index (κ3) is 4.44. The number of anilines is 2. The van der Waals surface area contributed by atoms with Gasteiger partial charge in [0.2, 0.25) is 5.91 Å². The van der Waals surface area contributed by atoms with Crippen LogP contribution in [0, 0.1) is 0 Å². The molecule has 0 saturated carbocycles. The normalized spacial score (nSPS) is 18.0. The lowest BCUT2D eigenvalue weighted by molar-refractivity contribution is -0.130. The molecule has 0 bridgehead atoms. The molecule has 6 nitrogen and oxygen atoms in total. The van der Waals surface area contributed by atoms with Gasteiger partial charge in [-0.15, -0.1) is 0 Å². The summed E-state index contributed by atoms with van der Waals surface area (Å²) in [6.07, 6.45) is 8.64. The van der Waals surface area contributed by atoms with Crippen LogP contribution < -0.4 is 11.1 Å². The fourth-order valence-electron chi connectivity index (χ4n) is 3.01. The molecule has 0 aliphatic carbocycles. The maximum absolute atomic E-state index is 12.5. The predicted molar refractivity (Wildman–Crippen MR) is 94.4 cm³/mol. The van der Waals surface area contributed by atoms with Crippen LogP contribution in [-0.4, -0.2) is 39.9 Å². The number of amides is 1. The fraction of sp³-hybridized carbons (Fsp3) is 0.389. The van der Waals surface area contributed by atoms with Crippen molar-refractivity contribution in [2.24, 2.45) is 0 Å². The molecule has 2 aromatic heterocycles. The molecule has 1 saturated heterocycles. The first-order chi connectivity index (χ1) is 11.7. The van der Waals surface area contributed by atoms with E-state index in [0.29, 0.717) is 18.3 Å². The van der Waals surface area contributed by atoms with E-state index in [4.69, 9.17) is 5.73 Å². The SMILES string of the molecule is Nc1ccc(N[C@@H]2CCCN(C(=O)Cc3cccnc3)CC2)cn1. The molecule has 1 aliphatic rings. The van der Waals surface area contributed by atoms with Crippen LogP contribution in [0.2, 0.25) is 0 Å². The number of hydrogen-bond acceptors (Lipinski definition) is 5. The molecule has 3 rings (SSSR count). The summed E-state index contributed by atoms with van der Waals surface area (Å²) in [4.78, 5) is 22.6. The minimum Gasteiger partial charge on any atom is -0.384 e. The lowest BCUT2D eigenvalue weighted by Gasteiger charge is -2.21. The van der Waals surface area contributed by atoms with Crippen LogP contribution in [0.15, 0.2) is 42.9 Å². The molecule has 3 N–H and O–H groups in total. The molecule has 1 amide bonds. The number of hydrogen-bond donors (Lipinski definition) is 2. The van der Waals surface area contributed by atoms with E-state index in [0.717, 1.165) is 43.6 Å². The topological polar surface area (TPSA) is 84.1 Å². The Balaban J connectivity index is 1.52. The summed E-state index contributed by atoms with van der Waals surface area (Å²) < 4.78 is 0. The summed E-state index contributed by atoms with van der Waals surface area (Å²) in [5.41, 5.74) is 7.56. The standard InChI is InChI=1S/C18H23N5O/c19-17-6-5-16(13-21-17)22-15-4-2-9-23(10-7-15)18(24)11-14-3-1-8-20-12-14/h1,3,5-6,8,12-13,15,22H,2,4,7,9-11H2,(H2,19,21)/t15-/m1/s1. The number of likely N-dealkylation sites (tertiary alicyclic amines) is 1. The number of carbonyl (C=O) groups excluding carboxylic acids is 1. The molecule has 0 radical (unpaired) electrons. The third-order valence-electron chi connectivity index (χ3n) is 4.32. The molecule has 126 valence electrons. The lowest BCUT2D eigenvalue weighted by Crippen LogP contribution is -2.33. The molecule has 1 atom stereocenters. The van der Waals surface area contributed by atoms with E-state index in [1.54, 1.807) is 24.7 Å². The molecule has 6 heteroatoms. The number of nitrogen functional groups attached to an aromatic ring is 1.